The van der Waals surface area contributed by atoms with Crippen molar-refractivity contribution in [1.82, 2.24) is 14.9 Å². The van der Waals surface area contributed by atoms with Gasteiger partial charge in [0, 0.05) is 10.6 Å². The number of nitrogens with one attached hydrogen (secondary N) is 1. The Labute approximate surface area is 169 Å². The second-order valence-corrected chi connectivity index (χ2v) is 6.38. The number of benzene rings is 2. The lowest BCUT2D eigenvalue weighted by atomic mass is 10.1. The molecule has 6 nitrogen and oxygen atoms in total. The quantitative estimate of drug-likeness (QED) is 0.428. The summed E-state index contributed by atoms with van der Waals surface area (Å²) in [5, 5.41) is 10.4. The molecule has 3 rings (SSSR count). The van der Waals surface area contributed by atoms with Crippen molar-refractivity contribution in [2.24, 2.45) is 5.10 Å². The number of hydrogen-bond donors (Lipinski definition) is 1. The van der Waals surface area contributed by atoms with E-state index in [2.05, 4.69) is 15.3 Å². The molecule has 28 heavy (non-hydrogen) atoms. The van der Waals surface area contributed by atoms with Gasteiger partial charge in [-0.15, -0.1) is 0 Å². The summed E-state index contributed by atoms with van der Waals surface area (Å²) < 4.78 is 37.9. The highest BCUT2D eigenvalue weighted by atomic mass is 35.5. The second kappa shape index (κ2) is 8.94. The molecule has 0 bridgehead atoms. The molecule has 0 aliphatic carbocycles. The Morgan fingerprint density at radius 1 is 1.29 bits per heavy atom. The molecular formula is C18H15ClF2N4O2S. The van der Waals surface area contributed by atoms with E-state index in [0.29, 0.717) is 22.1 Å². The highest BCUT2D eigenvalue weighted by molar-refractivity contribution is 7.71. The third-order valence-electron chi connectivity index (χ3n) is 3.71. The lowest BCUT2D eigenvalue weighted by Gasteiger charge is -2.11. The van der Waals surface area contributed by atoms with E-state index in [1.54, 1.807) is 49.6 Å². The maximum Gasteiger partial charge on any atom is 0.299 e. The van der Waals surface area contributed by atoms with Crippen LogP contribution in [0.3, 0.4) is 0 Å². The molecule has 10 heteroatoms. The summed E-state index contributed by atoms with van der Waals surface area (Å²) in [6, 6.07) is 12.2. The second-order valence-electron chi connectivity index (χ2n) is 5.56. The Kier molecular flexibility index (Phi) is 6.37. The van der Waals surface area contributed by atoms with E-state index in [9.17, 15) is 8.78 Å². The summed E-state index contributed by atoms with van der Waals surface area (Å²) in [6.07, 6.45) is -1.40. The molecule has 0 atom stereocenters. The molecular weight excluding hydrogens is 410 g/mol. The zero-order valence-electron chi connectivity index (χ0n) is 14.6. The van der Waals surface area contributed by atoms with Gasteiger partial charge in [-0.05, 0) is 60.2 Å². The van der Waals surface area contributed by atoms with Crippen LogP contribution < -0.4 is 9.47 Å². The minimum absolute atomic E-state index is 0.0219. The van der Waals surface area contributed by atoms with Crippen molar-refractivity contribution in [3.05, 3.63) is 69.2 Å². The van der Waals surface area contributed by atoms with Crippen LogP contribution in [-0.2, 0) is 6.61 Å². The number of nitrogens with zero attached hydrogens (tertiary/aromatic N) is 3. The maximum absolute atomic E-state index is 13.0. The van der Waals surface area contributed by atoms with Gasteiger partial charge in [-0.25, -0.2) is 13.9 Å². The van der Waals surface area contributed by atoms with Gasteiger partial charge in [0.25, 0.3) is 6.43 Å². The molecule has 2 aromatic carbocycles. The molecule has 146 valence electrons. The molecule has 0 saturated heterocycles. The summed E-state index contributed by atoms with van der Waals surface area (Å²) in [5.74, 6) is 0.720. The number of rotatable bonds is 7. The predicted molar refractivity (Wildman–Crippen MR) is 104 cm³/mol. The maximum atomic E-state index is 13.0. The van der Waals surface area contributed by atoms with E-state index in [1.807, 2.05) is 0 Å². The Hall–Kier alpha value is -2.78. The van der Waals surface area contributed by atoms with Crippen molar-refractivity contribution < 1.29 is 18.3 Å². The molecule has 0 unspecified atom stereocenters. The van der Waals surface area contributed by atoms with E-state index in [1.165, 1.54) is 6.21 Å². The predicted octanol–water partition coefficient (Wildman–Crippen LogP) is 5.00. The highest BCUT2D eigenvalue weighted by Crippen LogP contribution is 2.23. The zero-order chi connectivity index (χ0) is 20.1. The summed E-state index contributed by atoms with van der Waals surface area (Å²) in [5.41, 5.74) is 1.41. The summed E-state index contributed by atoms with van der Waals surface area (Å²) in [6.45, 7) is 0.236. The Morgan fingerprint density at radius 3 is 2.71 bits per heavy atom. The van der Waals surface area contributed by atoms with Crippen molar-refractivity contribution in [2.45, 2.75) is 13.0 Å². The topological polar surface area (TPSA) is 64.4 Å². The van der Waals surface area contributed by atoms with Crippen LogP contribution >= 0.6 is 23.8 Å². The van der Waals surface area contributed by atoms with Crippen molar-refractivity contribution in [1.29, 1.82) is 0 Å². The number of H-pyrrole nitrogens is 1. The Morgan fingerprint density at radius 2 is 2.04 bits per heavy atom. The van der Waals surface area contributed by atoms with Gasteiger partial charge < -0.3 is 9.47 Å². The minimum atomic E-state index is -2.80. The van der Waals surface area contributed by atoms with Gasteiger partial charge >= 0.3 is 0 Å². The first-order chi connectivity index (χ1) is 13.5. The fourth-order valence-corrected chi connectivity index (χ4v) is 2.68. The molecule has 1 aromatic heterocycles. The van der Waals surface area contributed by atoms with E-state index < -0.39 is 12.2 Å². The number of ether oxygens (including phenoxy) is 2. The van der Waals surface area contributed by atoms with Crippen LogP contribution in [0.15, 0.2) is 47.6 Å². The number of aromatic nitrogens is 3. The normalized spacial score (nSPS) is 11.3. The highest BCUT2D eigenvalue weighted by Gasteiger charge is 2.16. The summed E-state index contributed by atoms with van der Waals surface area (Å²) in [4.78, 5) is 0. The van der Waals surface area contributed by atoms with Gasteiger partial charge in [0.05, 0.1) is 13.3 Å². The standard InChI is InChI=1S/C18H15ClF2N4O2S/c1-26-15-7-2-11(9-22-25-17(16(20)21)23-24-18(25)28)8-12(15)10-27-14-5-3-13(19)4-6-14/h2-9,16H,10H2,1H3,(H,24,28)/b22-9-. The van der Waals surface area contributed by atoms with Crippen LogP contribution in [0, 0.1) is 4.77 Å². The van der Waals surface area contributed by atoms with Crippen molar-refractivity contribution in [3.8, 4) is 11.5 Å². The van der Waals surface area contributed by atoms with Gasteiger partial charge in [-0.2, -0.15) is 14.9 Å². The zero-order valence-corrected chi connectivity index (χ0v) is 16.2. The van der Waals surface area contributed by atoms with Crippen molar-refractivity contribution >= 4 is 30.0 Å². The van der Waals surface area contributed by atoms with Gasteiger partial charge in [0.2, 0.25) is 10.6 Å². The Balaban J connectivity index is 1.81. The smallest absolute Gasteiger partial charge is 0.299 e. The van der Waals surface area contributed by atoms with Crippen LogP contribution in [-0.4, -0.2) is 28.2 Å². The van der Waals surface area contributed by atoms with Gasteiger partial charge in [-0.3, -0.25) is 0 Å². The van der Waals surface area contributed by atoms with Crippen molar-refractivity contribution in [3.63, 3.8) is 0 Å². The third-order valence-corrected chi connectivity index (χ3v) is 4.22. The van der Waals surface area contributed by atoms with E-state index >= 15 is 0 Å². The molecule has 0 saturated carbocycles. The number of methoxy groups -OCH3 is 1. The molecule has 0 aliphatic rings. The largest absolute Gasteiger partial charge is 0.496 e. The monoisotopic (exact) mass is 424 g/mol. The number of aromatic amines is 1. The van der Waals surface area contributed by atoms with E-state index in [-0.39, 0.29) is 11.4 Å². The van der Waals surface area contributed by atoms with Crippen LogP contribution in [0.5, 0.6) is 11.5 Å². The van der Waals surface area contributed by atoms with Crippen LogP contribution in [0.1, 0.15) is 23.4 Å². The average molecular weight is 425 g/mol. The molecule has 1 N–H and O–H groups in total. The van der Waals surface area contributed by atoms with E-state index in [4.69, 9.17) is 33.3 Å². The van der Waals surface area contributed by atoms with Gasteiger partial charge in [0.1, 0.15) is 18.1 Å². The van der Waals surface area contributed by atoms with Gasteiger partial charge in [0.15, 0.2) is 0 Å². The average Bonchev–Trinajstić information content (AvgIpc) is 3.06. The van der Waals surface area contributed by atoms with Crippen molar-refractivity contribution in [2.75, 3.05) is 7.11 Å². The van der Waals surface area contributed by atoms with Gasteiger partial charge in [-0.1, -0.05) is 11.6 Å². The molecule has 0 amide bonds. The van der Waals surface area contributed by atoms with Crippen LogP contribution in [0.4, 0.5) is 8.78 Å². The SMILES string of the molecule is COc1ccc(/C=N\n2c(C(F)F)n[nH]c2=S)cc1COc1ccc(Cl)cc1. The molecule has 1 heterocycles. The lowest BCUT2D eigenvalue weighted by Crippen LogP contribution is -2.01. The summed E-state index contributed by atoms with van der Waals surface area (Å²) >= 11 is 10.8. The first-order valence-corrected chi connectivity index (χ1v) is 8.81. The molecule has 0 fully saturated rings. The number of alkyl halides is 2. The summed E-state index contributed by atoms with van der Waals surface area (Å²) in [7, 11) is 1.55. The van der Waals surface area contributed by atoms with Crippen LogP contribution in [0.25, 0.3) is 0 Å². The molecule has 0 radical (unpaired) electrons. The molecule has 0 spiro atoms. The fraction of sp³-hybridized carbons (Fsp3) is 0.167. The first-order valence-electron chi connectivity index (χ1n) is 8.03. The molecule has 0 aliphatic heterocycles. The number of halogens is 3. The third kappa shape index (κ3) is 4.73. The Bertz CT molecular complexity index is 1030. The molecule has 3 aromatic rings. The minimum Gasteiger partial charge on any atom is -0.496 e. The van der Waals surface area contributed by atoms with Crippen LogP contribution in [0.2, 0.25) is 5.02 Å². The first kappa shape index (κ1) is 20.0. The number of hydrogen-bond acceptors (Lipinski definition) is 5. The fourth-order valence-electron chi connectivity index (χ4n) is 2.36. The van der Waals surface area contributed by atoms with E-state index in [0.717, 1.165) is 10.2 Å². The lowest BCUT2D eigenvalue weighted by molar-refractivity contribution is 0.136.